The van der Waals surface area contributed by atoms with Gasteiger partial charge in [0.1, 0.15) is 0 Å². The molecule has 122 valence electrons. The molecule has 0 aliphatic carbocycles. The first-order valence-corrected chi connectivity index (χ1v) is 10.4. The van der Waals surface area contributed by atoms with Crippen LogP contribution in [-0.2, 0) is 35.7 Å². The Balaban J connectivity index is 4.92. The van der Waals surface area contributed by atoms with E-state index in [2.05, 4.69) is 17.5 Å². The average molecular weight is 380 g/mol. The Kier molecular flexibility index (Phi) is 6.95. The van der Waals surface area contributed by atoms with Crippen LogP contribution in [0, 0.1) is 0 Å². The van der Waals surface area contributed by atoms with Crippen molar-refractivity contribution in [3.8, 4) is 0 Å². The third-order valence-corrected chi connectivity index (χ3v) is 6.63. The fraction of sp³-hybridized carbons (Fsp3) is 1.00. The molecule has 0 saturated heterocycles. The molecule has 17 heteroatoms. The molecule has 0 radical (unpaired) electrons. The van der Waals surface area contributed by atoms with E-state index in [9.17, 15) is 18.3 Å². The van der Waals surface area contributed by atoms with E-state index in [1.165, 1.54) is 13.8 Å². The van der Waals surface area contributed by atoms with Gasteiger partial charge in [-0.05, 0) is 13.8 Å². The lowest BCUT2D eigenvalue weighted by atomic mass is 10.5. The third kappa shape index (κ3) is 10.3. The van der Waals surface area contributed by atoms with Crippen molar-refractivity contribution in [3.05, 3.63) is 0 Å². The van der Waals surface area contributed by atoms with Crippen molar-refractivity contribution < 1.29 is 60.2 Å². The largest absolute Gasteiger partial charge is 0.490 e. The molecule has 0 fully saturated rings. The van der Waals surface area contributed by atoms with Gasteiger partial charge in [0.25, 0.3) is 0 Å². The summed E-state index contributed by atoms with van der Waals surface area (Å²) in [6.45, 7) is 2.53. The molecule has 3 unspecified atom stereocenters. The van der Waals surface area contributed by atoms with E-state index in [1.54, 1.807) is 0 Å². The number of phosphoric acid groups is 4. The van der Waals surface area contributed by atoms with Gasteiger partial charge in [-0.1, -0.05) is 0 Å². The van der Waals surface area contributed by atoms with E-state index in [0.29, 0.717) is 0 Å². The summed E-state index contributed by atoms with van der Waals surface area (Å²) >= 11 is 0. The molecule has 20 heavy (non-hydrogen) atoms. The van der Waals surface area contributed by atoms with Crippen molar-refractivity contribution in [3.63, 3.8) is 0 Å². The van der Waals surface area contributed by atoms with E-state index in [1.807, 2.05) is 0 Å². The van der Waals surface area contributed by atoms with Crippen LogP contribution < -0.4 is 0 Å². The molecular weight excluding hydrogens is 368 g/mol. The summed E-state index contributed by atoms with van der Waals surface area (Å²) in [6, 6.07) is 0. The van der Waals surface area contributed by atoms with Gasteiger partial charge in [0, 0.05) is 0 Å². The van der Waals surface area contributed by atoms with Gasteiger partial charge in [-0.3, -0.25) is 4.52 Å². The van der Waals surface area contributed by atoms with Crippen molar-refractivity contribution >= 4 is 31.3 Å². The standard InChI is InChI=1S/C3H12O13P4/c1-3(2)13-18(7,8)15-20(11,12)16-19(9,10)14-17(4,5)6/h3H,1-2H3,(H,7,8)(H,9,10)(H,11,12)(H2,4,5,6). The number of hydrogen-bond donors (Lipinski definition) is 5. The summed E-state index contributed by atoms with van der Waals surface area (Å²) in [5.41, 5.74) is 0. The minimum Gasteiger partial charge on any atom is -0.302 e. The summed E-state index contributed by atoms with van der Waals surface area (Å²) in [5, 5.41) is 0. The van der Waals surface area contributed by atoms with Crippen LogP contribution in [0.3, 0.4) is 0 Å². The van der Waals surface area contributed by atoms with Gasteiger partial charge < -0.3 is 24.5 Å². The van der Waals surface area contributed by atoms with Gasteiger partial charge in [0.15, 0.2) is 0 Å². The Bertz CT molecular complexity index is 516. The zero-order valence-corrected chi connectivity index (χ0v) is 13.4. The summed E-state index contributed by atoms with van der Waals surface area (Å²) in [5.74, 6) is 0. The third-order valence-electron chi connectivity index (χ3n) is 0.966. The highest BCUT2D eigenvalue weighted by Crippen LogP contribution is 2.70. The van der Waals surface area contributed by atoms with Crippen molar-refractivity contribution in [1.82, 2.24) is 0 Å². The molecule has 0 amide bonds. The quantitative estimate of drug-likeness (QED) is 0.371. The molecule has 13 nitrogen and oxygen atoms in total. The predicted octanol–water partition coefficient (Wildman–Crippen LogP) is 0.855. The molecule has 0 aromatic rings. The monoisotopic (exact) mass is 380 g/mol. The van der Waals surface area contributed by atoms with Gasteiger partial charge in [-0.2, -0.15) is 12.9 Å². The van der Waals surface area contributed by atoms with Gasteiger partial charge in [-0.25, -0.2) is 18.3 Å². The van der Waals surface area contributed by atoms with Gasteiger partial charge in [-0.15, -0.1) is 0 Å². The molecule has 0 rings (SSSR count). The SMILES string of the molecule is CC(C)OP(=O)(O)OP(=O)(O)OP(=O)(O)OP(=O)(O)O. The number of rotatable bonds is 8. The topological polar surface area (TPSA) is 206 Å². The molecule has 3 atom stereocenters. The molecule has 0 saturated carbocycles. The average Bonchev–Trinajstić information content (AvgIpc) is 1.86. The van der Waals surface area contributed by atoms with Crippen LogP contribution in [0.15, 0.2) is 0 Å². The lowest BCUT2D eigenvalue weighted by Gasteiger charge is -2.19. The highest BCUT2D eigenvalue weighted by Gasteiger charge is 2.45. The van der Waals surface area contributed by atoms with Crippen LogP contribution in [0.2, 0.25) is 0 Å². The highest BCUT2D eigenvalue weighted by molar-refractivity contribution is 7.69. The zero-order chi connectivity index (χ0) is 16.4. The summed E-state index contributed by atoms with van der Waals surface area (Å²) in [7, 11) is -22.1. The first-order chi connectivity index (χ1) is 8.54. The van der Waals surface area contributed by atoms with Crippen LogP contribution in [0.1, 0.15) is 13.8 Å². The normalized spacial score (nSPS) is 22.0. The van der Waals surface area contributed by atoms with Gasteiger partial charge in [0.2, 0.25) is 0 Å². The number of phosphoric ester groups is 1. The summed E-state index contributed by atoms with van der Waals surface area (Å²) in [4.78, 5) is 43.1. The van der Waals surface area contributed by atoms with E-state index < -0.39 is 37.4 Å². The first kappa shape index (κ1) is 20.6. The molecular formula is C3H12O13P4. The van der Waals surface area contributed by atoms with Crippen molar-refractivity contribution in [2.45, 2.75) is 20.0 Å². The molecule has 0 heterocycles. The Labute approximate surface area is 112 Å². The molecule has 0 aromatic heterocycles. The maximum atomic E-state index is 11.1. The molecule has 0 aliphatic heterocycles. The van der Waals surface area contributed by atoms with Gasteiger partial charge >= 0.3 is 31.3 Å². The molecule has 0 spiro atoms. The second-order valence-corrected chi connectivity index (χ2v) is 9.26. The zero-order valence-electron chi connectivity index (χ0n) is 9.87. The van der Waals surface area contributed by atoms with Crippen LogP contribution in [-0.4, -0.2) is 30.6 Å². The number of hydrogen-bond acceptors (Lipinski definition) is 8. The highest BCUT2D eigenvalue weighted by atomic mass is 31.3. The van der Waals surface area contributed by atoms with E-state index in [4.69, 9.17) is 24.5 Å². The molecule has 5 N–H and O–H groups in total. The predicted molar refractivity (Wildman–Crippen MR) is 61.0 cm³/mol. The van der Waals surface area contributed by atoms with E-state index >= 15 is 0 Å². The summed E-state index contributed by atoms with van der Waals surface area (Å²) < 4.78 is 57.9. The van der Waals surface area contributed by atoms with Crippen molar-refractivity contribution in [2.75, 3.05) is 0 Å². The Morgan fingerprint density at radius 3 is 1.40 bits per heavy atom. The minimum atomic E-state index is -5.74. The van der Waals surface area contributed by atoms with E-state index in [-0.39, 0.29) is 0 Å². The van der Waals surface area contributed by atoms with Gasteiger partial charge in [0.05, 0.1) is 6.10 Å². The second kappa shape index (κ2) is 6.76. The lowest BCUT2D eigenvalue weighted by Crippen LogP contribution is -2.03. The molecule has 0 bridgehead atoms. The fourth-order valence-corrected chi connectivity index (χ4v) is 5.33. The lowest BCUT2D eigenvalue weighted by molar-refractivity contribution is 0.143. The summed E-state index contributed by atoms with van der Waals surface area (Å²) in [6.07, 6.45) is -0.918. The molecule has 0 aliphatic rings. The van der Waals surface area contributed by atoms with Crippen LogP contribution in [0.5, 0.6) is 0 Å². The fourth-order valence-electron chi connectivity index (χ4n) is 0.711. The van der Waals surface area contributed by atoms with E-state index in [0.717, 1.165) is 0 Å². The minimum absolute atomic E-state index is 0.918. The Morgan fingerprint density at radius 2 is 1.05 bits per heavy atom. The van der Waals surface area contributed by atoms with Crippen molar-refractivity contribution in [2.24, 2.45) is 0 Å². The maximum absolute atomic E-state index is 11.1. The maximum Gasteiger partial charge on any atom is 0.490 e. The van der Waals surface area contributed by atoms with Crippen LogP contribution >= 0.6 is 31.3 Å². The van der Waals surface area contributed by atoms with Crippen LogP contribution in [0.4, 0.5) is 0 Å². The van der Waals surface area contributed by atoms with Crippen LogP contribution in [0.25, 0.3) is 0 Å². The molecule has 0 aromatic carbocycles. The second-order valence-electron chi connectivity index (χ2n) is 3.30. The smallest absolute Gasteiger partial charge is 0.302 e. The first-order valence-electron chi connectivity index (χ1n) is 4.40. The Hall–Kier alpha value is 0.560. The van der Waals surface area contributed by atoms with Crippen molar-refractivity contribution in [1.29, 1.82) is 0 Å². The Morgan fingerprint density at radius 1 is 0.700 bits per heavy atom.